The van der Waals surface area contributed by atoms with Crippen LogP contribution in [0.4, 0.5) is 0 Å². The summed E-state index contributed by atoms with van der Waals surface area (Å²) in [6, 6.07) is 18.6. The first kappa shape index (κ1) is 33.4. The zero-order chi connectivity index (χ0) is 34.2. The number of carbonyl (C=O) groups is 5. The Morgan fingerprint density at radius 2 is 1.12 bits per heavy atom. The third-order valence-corrected chi connectivity index (χ3v) is 8.12. The van der Waals surface area contributed by atoms with E-state index in [1.165, 1.54) is 0 Å². The second kappa shape index (κ2) is 15.1. The highest BCUT2D eigenvalue weighted by molar-refractivity contribution is 5.97. The zero-order valence-corrected chi connectivity index (χ0v) is 25.9. The van der Waals surface area contributed by atoms with Gasteiger partial charge in [0, 0.05) is 47.0 Å². The number of nitrogens with two attached hydrogens (primary N) is 2. The lowest BCUT2D eigenvalue weighted by Gasteiger charge is -2.25. The Hall–Kier alpha value is -5.95. The SMILES string of the molecule is NC(=O)CC(NC(=O)C(Cc1c[nH]c2ccccc12)NC(=O)C(N)Cc1c[nH]c2ccccc12)C(=O)NC(Cc1ccccc1)C(=O)O. The molecule has 0 aliphatic carbocycles. The molecule has 2 aromatic heterocycles. The Morgan fingerprint density at radius 3 is 1.71 bits per heavy atom. The largest absolute Gasteiger partial charge is 0.480 e. The quantitative estimate of drug-likeness (QED) is 0.0830. The predicted molar refractivity (Wildman–Crippen MR) is 179 cm³/mol. The Labute approximate surface area is 275 Å². The molecule has 0 saturated heterocycles. The van der Waals surface area contributed by atoms with Crippen molar-refractivity contribution < 1.29 is 29.1 Å². The van der Waals surface area contributed by atoms with Gasteiger partial charge in [0.15, 0.2) is 0 Å². The number of hydrogen-bond donors (Lipinski definition) is 8. The summed E-state index contributed by atoms with van der Waals surface area (Å²) in [7, 11) is 0. The van der Waals surface area contributed by atoms with E-state index in [1.54, 1.807) is 42.7 Å². The first-order valence-corrected chi connectivity index (χ1v) is 15.4. The Morgan fingerprint density at radius 1 is 0.625 bits per heavy atom. The van der Waals surface area contributed by atoms with E-state index in [4.69, 9.17) is 11.5 Å². The summed E-state index contributed by atoms with van der Waals surface area (Å²) >= 11 is 0. The number of aromatic nitrogens is 2. The van der Waals surface area contributed by atoms with Crippen molar-refractivity contribution in [2.45, 2.75) is 49.9 Å². The topological polar surface area (TPSA) is 225 Å². The van der Waals surface area contributed by atoms with E-state index < -0.39 is 60.2 Å². The summed E-state index contributed by atoms with van der Waals surface area (Å²) in [4.78, 5) is 70.9. The molecule has 5 rings (SSSR count). The third-order valence-electron chi connectivity index (χ3n) is 8.12. The molecule has 0 aliphatic rings. The van der Waals surface area contributed by atoms with Gasteiger partial charge in [0.25, 0.3) is 0 Å². The van der Waals surface area contributed by atoms with Gasteiger partial charge in [0.2, 0.25) is 23.6 Å². The van der Waals surface area contributed by atoms with E-state index in [0.29, 0.717) is 11.1 Å². The van der Waals surface area contributed by atoms with Crippen LogP contribution in [0.1, 0.15) is 23.1 Å². The summed E-state index contributed by atoms with van der Waals surface area (Å²) in [5.41, 5.74) is 15.6. The molecule has 4 amide bonds. The molecule has 3 aromatic carbocycles. The standard InChI is InChI=1S/C35H37N7O6/c36-25(15-21-18-38-26-12-6-4-10-23(21)26)32(44)40-28(16-22-19-39-27-13-7-5-11-24(22)27)33(45)41-29(17-31(37)43)34(46)42-30(35(47)48)14-20-8-2-1-3-9-20/h1-13,18-19,25,28-30,38-39H,14-17,36H2,(H2,37,43)(H,40,44)(H,41,45)(H,42,46)(H,47,48). The smallest absolute Gasteiger partial charge is 0.326 e. The maximum atomic E-state index is 13.8. The normalized spacial score (nSPS) is 13.7. The number of benzene rings is 3. The number of aromatic amines is 2. The minimum absolute atomic E-state index is 0.0120. The first-order valence-electron chi connectivity index (χ1n) is 15.4. The monoisotopic (exact) mass is 651 g/mol. The van der Waals surface area contributed by atoms with Gasteiger partial charge in [0.05, 0.1) is 12.5 Å². The molecule has 2 heterocycles. The molecular weight excluding hydrogens is 614 g/mol. The number of hydrogen-bond acceptors (Lipinski definition) is 6. The number of para-hydroxylation sites is 2. The number of aliphatic carboxylic acids is 1. The predicted octanol–water partition coefficient (Wildman–Crippen LogP) is 1.42. The Balaban J connectivity index is 1.35. The lowest BCUT2D eigenvalue weighted by molar-refractivity contribution is -0.142. The molecule has 5 aromatic rings. The fourth-order valence-corrected chi connectivity index (χ4v) is 5.64. The van der Waals surface area contributed by atoms with Crippen LogP contribution in [-0.4, -0.2) is 68.8 Å². The van der Waals surface area contributed by atoms with Gasteiger partial charge in [-0.1, -0.05) is 66.7 Å². The van der Waals surface area contributed by atoms with E-state index in [-0.39, 0.29) is 19.3 Å². The lowest BCUT2D eigenvalue weighted by atomic mass is 10.0. The van der Waals surface area contributed by atoms with E-state index in [9.17, 15) is 29.1 Å². The molecular formula is C35H37N7O6. The number of carboxylic acid groups (broad SMARTS) is 1. The summed E-state index contributed by atoms with van der Waals surface area (Å²) in [5.74, 6) is -4.51. The number of rotatable bonds is 15. The van der Waals surface area contributed by atoms with Crippen LogP contribution in [-0.2, 0) is 43.2 Å². The molecule has 13 heteroatoms. The van der Waals surface area contributed by atoms with Crippen LogP contribution >= 0.6 is 0 Å². The van der Waals surface area contributed by atoms with Crippen molar-refractivity contribution in [3.63, 3.8) is 0 Å². The molecule has 0 radical (unpaired) electrons. The van der Waals surface area contributed by atoms with Crippen molar-refractivity contribution in [3.05, 3.63) is 108 Å². The maximum Gasteiger partial charge on any atom is 0.326 e. The molecule has 0 aliphatic heterocycles. The second-order valence-electron chi connectivity index (χ2n) is 11.6. The Kier molecular flexibility index (Phi) is 10.5. The highest BCUT2D eigenvalue weighted by atomic mass is 16.4. The van der Waals surface area contributed by atoms with E-state index in [2.05, 4.69) is 25.9 Å². The number of carbonyl (C=O) groups excluding carboxylic acids is 4. The Bertz CT molecular complexity index is 1940. The van der Waals surface area contributed by atoms with Crippen molar-refractivity contribution >= 4 is 51.4 Å². The minimum atomic E-state index is -1.52. The molecule has 0 bridgehead atoms. The van der Waals surface area contributed by atoms with Gasteiger partial charge in [-0.3, -0.25) is 19.2 Å². The molecule has 0 saturated carbocycles. The van der Waals surface area contributed by atoms with Crippen molar-refractivity contribution in [1.29, 1.82) is 0 Å². The van der Waals surface area contributed by atoms with E-state index in [0.717, 1.165) is 27.4 Å². The van der Waals surface area contributed by atoms with Gasteiger partial charge >= 0.3 is 5.97 Å². The number of H-pyrrole nitrogens is 2. The summed E-state index contributed by atoms with van der Waals surface area (Å²) in [5, 5.41) is 19.2. The number of primary amides is 1. The van der Waals surface area contributed by atoms with Crippen molar-refractivity contribution in [2.24, 2.45) is 11.5 Å². The van der Waals surface area contributed by atoms with Gasteiger partial charge in [-0.2, -0.15) is 0 Å². The fraction of sp³-hybridized carbons (Fsp3) is 0.229. The molecule has 13 nitrogen and oxygen atoms in total. The average molecular weight is 652 g/mol. The number of amides is 4. The van der Waals surface area contributed by atoms with Crippen LogP contribution in [0.15, 0.2) is 91.3 Å². The second-order valence-corrected chi connectivity index (χ2v) is 11.6. The van der Waals surface area contributed by atoms with Crippen molar-refractivity contribution in [3.8, 4) is 0 Å². The number of carboxylic acids is 1. The van der Waals surface area contributed by atoms with E-state index in [1.807, 2.05) is 48.5 Å². The first-order chi connectivity index (χ1) is 23.1. The van der Waals surface area contributed by atoms with Crippen LogP contribution in [0, 0.1) is 0 Å². The number of nitrogens with one attached hydrogen (secondary N) is 5. The maximum absolute atomic E-state index is 13.8. The molecule has 4 unspecified atom stereocenters. The fourth-order valence-electron chi connectivity index (χ4n) is 5.64. The molecule has 48 heavy (non-hydrogen) atoms. The van der Waals surface area contributed by atoms with Crippen LogP contribution in [0.5, 0.6) is 0 Å². The van der Waals surface area contributed by atoms with Crippen LogP contribution in [0.3, 0.4) is 0 Å². The van der Waals surface area contributed by atoms with Crippen LogP contribution in [0.2, 0.25) is 0 Å². The molecule has 4 atom stereocenters. The van der Waals surface area contributed by atoms with E-state index >= 15 is 0 Å². The van der Waals surface area contributed by atoms with Crippen molar-refractivity contribution in [1.82, 2.24) is 25.9 Å². The molecule has 0 fully saturated rings. The van der Waals surface area contributed by atoms with Crippen LogP contribution < -0.4 is 27.4 Å². The molecule has 10 N–H and O–H groups in total. The van der Waals surface area contributed by atoms with Gasteiger partial charge in [0.1, 0.15) is 18.1 Å². The average Bonchev–Trinajstić information content (AvgIpc) is 3.67. The summed E-state index contributed by atoms with van der Waals surface area (Å²) in [6.07, 6.45) is 3.05. The summed E-state index contributed by atoms with van der Waals surface area (Å²) in [6.45, 7) is 0. The highest BCUT2D eigenvalue weighted by Crippen LogP contribution is 2.21. The van der Waals surface area contributed by atoms with Gasteiger partial charge in [-0.05, 0) is 35.2 Å². The van der Waals surface area contributed by atoms with Gasteiger partial charge in [-0.15, -0.1) is 0 Å². The third kappa shape index (κ3) is 8.25. The molecule has 0 spiro atoms. The van der Waals surface area contributed by atoms with Crippen LogP contribution in [0.25, 0.3) is 21.8 Å². The van der Waals surface area contributed by atoms with Gasteiger partial charge < -0.3 is 42.5 Å². The highest BCUT2D eigenvalue weighted by Gasteiger charge is 2.32. The minimum Gasteiger partial charge on any atom is -0.480 e. The van der Waals surface area contributed by atoms with Crippen molar-refractivity contribution in [2.75, 3.05) is 0 Å². The zero-order valence-electron chi connectivity index (χ0n) is 25.9. The summed E-state index contributed by atoms with van der Waals surface area (Å²) < 4.78 is 0. The lowest BCUT2D eigenvalue weighted by Crippen LogP contribution is -2.58. The molecule has 248 valence electrons. The van der Waals surface area contributed by atoms with Gasteiger partial charge in [-0.25, -0.2) is 4.79 Å². The number of fused-ring (bicyclic) bond motifs is 2.